The van der Waals surface area contributed by atoms with Crippen molar-refractivity contribution in [3.05, 3.63) is 35.9 Å². The van der Waals surface area contributed by atoms with Crippen LogP contribution < -0.4 is 5.73 Å². The van der Waals surface area contributed by atoms with Gasteiger partial charge in [0.05, 0.1) is 0 Å². The molecule has 0 aliphatic rings. The third kappa shape index (κ3) is 5.52. The fourth-order valence-electron chi connectivity index (χ4n) is 1.66. The number of ether oxygens (including phenoxy) is 1. The topological polar surface area (TPSA) is 89.6 Å². The minimum Gasteiger partial charge on any atom is -0.481 e. The first kappa shape index (κ1) is 15.2. The summed E-state index contributed by atoms with van der Waals surface area (Å²) in [6.07, 6.45) is 1.57. The molecule has 0 spiro atoms. The van der Waals surface area contributed by atoms with Crippen LogP contribution in [0.15, 0.2) is 30.3 Å². The van der Waals surface area contributed by atoms with Crippen molar-refractivity contribution in [3.8, 4) is 0 Å². The van der Waals surface area contributed by atoms with Gasteiger partial charge in [-0.05, 0) is 24.9 Å². The lowest BCUT2D eigenvalue weighted by molar-refractivity contribution is -0.160. The van der Waals surface area contributed by atoms with Crippen LogP contribution in [0, 0.1) is 5.92 Å². The van der Waals surface area contributed by atoms with Crippen molar-refractivity contribution in [2.45, 2.75) is 25.9 Å². The number of benzene rings is 1. The Morgan fingerprint density at radius 2 is 1.89 bits per heavy atom. The number of rotatable bonds is 8. The van der Waals surface area contributed by atoms with Gasteiger partial charge in [0, 0.05) is 0 Å². The zero-order chi connectivity index (χ0) is 14.1. The lowest BCUT2D eigenvalue weighted by Gasteiger charge is -2.11. The van der Waals surface area contributed by atoms with E-state index in [1.165, 1.54) is 0 Å². The molecule has 0 aromatic heterocycles. The second kappa shape index (κ2) is 8.26. The summed E-state index contributed by atoms with van der Waals surface area (Å²) in [5, 5.41) is 9.01. The maximum atomic E-state index is 11.7. The Balaban J connectivity index is 2.46. The van der Waals surface area contributed by atoms with Crippen LogP contribution in [0.5, 0.6) is 0 Å². The molecule has 0 saturated heterocycles. The Bertz CT molecular complexity index is 405. The van der Waals surface area contributed by atoms with E-state index in [1.807, 2.05) is 30.3 Å². The number of carbonyl (C=O) groups is 2. The number of hydrogen-bond donors (Lipinski definition) is 2. The van der Waals surface area contributed by atoms with Crippen LogP contribution in [0.4, 0.5) is 0 Å². The molecule has 0 amide bonds. The number of carboxylic acids is 1. The number of nitrogens with two attached hydrogens (primary N) is 1. The summed E-state index contributed by atoms with van der Waals surface area (Å²) in [7, 11) is 0. The number of esters is 1. The van der Waals surface area contributed by atoms with Crippen LogP contribution in [-0.2, 0) is 20.9 Å². The van der Waals surface area contributed by atoms with E-state index >= 15 is 0 Å². The van der Waals surface area contributed by atoms with Crippen LogP contribution in [0.25, 0.3) is 0 Å². The lowest BCUT2D eigenvalue weighted by atomic mass is 10.0. The van der Waals surface area contributed by atoms with Crippen LogP contribution >= 0.6 is 0 Å². The van der Waals surface area contributed by atoms with Crippen molar-refractivity contribution in [3.63, 3.8) is 0 Å². The molecular weight excluding hydrogens is 246 g/mol. The Morgan fingerprint density at radius 3 is 2.47 bits per heavy atom. The number of unbranched alkanes of at least 4 members (excludes halogenated alkanes) is 1. The van der Waals surface area contributed by atoms with Crippen LogP contribution in [-0.4, -0.2) is 23.6 Å². The number of carbonyl (C=O) groups excluding carboxylic acids is 1. The van der Waals surface area contributed by atoms with Crippen molar-refractivity contribution in [2.75, 3.05) is 6.54 Å². The van der Waals surface area contributed by atoms with E-state index in [4.69, 9.17) is 15.6 Å². The lowest BCUT2D eigenvalue weighted by Crippen LogP contribution is -2.26. The largest absolute Gasteiger partial charge is 0.481 e. The predicted molar refractivity (Wildman–Crippen MR) is 70.3 cm³/mol. The smallest absolute Gasteiger partial charge is 0.320 e. The predicted octanol–water partition coefficient (Wildman–Crippen LogP) is 1.56. The van der Waals surface area contributed by atoms with Crippen molar-refractivity contribution in [1.82, 2.24) is 0 Å². The van der Waals surface area contributed by atoms with Crippen molar-refractivity contribution in [2.24, 2.45) is 11.7 Å². The van der Waals surface area contributed by atoms with E-state index in [1.54, 1.807) is 0 Å². The van der Waals surface area contributed by atoms with Crippen LogP contribution in [0.1, 0.15) is 24.8 Å². The van der Waals surface area contributed by atoms with Gasteiger partial charge in [0.1, 0.15) is 6.61 Å². The van der Waals surface area contributed by atoms with Gasteiger partial charge in [-0.15, -0.1) is 0 Å². The first-order valence-electron chi connectivity index (χ1n) is 6.28. The Hall–Kier alpha value is -1.88. The maximum absolute atomic E-state index is 11.7. The third-order valence-electron chi connectivity index (χ3n) is 2.75. The Labute approximate surface area is 112 Å². The van der Waals surface area contributed by atoms with Crippen LogP contribution in [0.3, 0.4) is 0 Å². The van der Waals surface area contributed by atoms with Gasteiger partial charge < -0.3 is 15.6 Å². The minimum atomic E-state index is -1.14. The molecule has 0 aliphatic carbocycles. The Morgan fingerprint density at radius 1 is 1.21 bits per heavy atom. The minimum absolute atomic E-state index is 0.0976. The molecule has 0 unspecified atom stereocenters. The molecule has 104 valence electrons. The highest BCUT2D eigenvalue weighted by molar-refractivity contribution is 5.93. The average molecular weight is 265 g/mol. The van der Waals surface area contributed by atoms with Crippen molar-refractivity contribution >= 4 is 11.9 Å². The summed E-state index contributed by atoms with van der Waals surface area (Å²) in [6, 6.07) is 9.16. The molecule has 5 nitrogen and oxygen atoms in total. The summed E-state index contributed by atoms with van der Waals surface area (Å²) in [6.45, 7) is 0.589. The van der Waals surface area contributed by atoms with Gasteiger partial charge in [-0.2, -0.15) is 0 Å². The van der Waals surface area contributed by atoms with Gasteiger partial charge in [0.2, 0.25) is 0 Å². The van der Waals surface area contributed by atoms with E-state index in [0.29, 0.717) is 19.4 Å². The fourth-order valence-corrected chi connectivity index (χ4v) is 1.66. The fraction of sp³-hybridized carbons (Fsp3) is 0.429. The number of hydrogen-bond acceptors (Lipinski definition) is 4. The molecule has 1 atom stereocenters. The number of carboxylic acid groups (broad SMARTS) is 1. The van der Waals surface area contributed by atoms with Crippen molar-refractivity contribution in [1.29, 1.82) is 0 Å². The molecule has 0 bridgehead atoms. The van der Waals surface area contributed by atoms with E-state index in [2.05, 4.69) is 0 Å². The molecule has 0 radical (unpaired) electrons. The van der Waals surface area contributed by atoms with Gasteiger partial charge in [0.25, 0.3) is 0 Å². The summed E-state index contributed by atoms with van der Waals surface area (Å²) in [4.78, 5) is 22.7. The SMILES string of the molecule is NCCCC[C@H](C(=O)O)C(=O)OCc1ccccc1. The molecule has 0 aliphatic heterocycles. The molecule has 19 heavy (non-hydrogen) atoms. The summed E-state index contributed by atoms with van der Waals surface area (Å²) in [5.74, 6) is -2.93. The average Bonchev–Trinajstić information content (AvgIpc) is 2.42. The highest BCUT2D eigenvalue weighted by Crippen LogP contribution is 2.12. The second-order valence-corrected chi connectivity index (χ2v) is 4.27. The van der Waals surface area contributed by atoms with Crippen molar-refractivity contribution < 1.29 is 19.4 Å². The third-order valence-corrected chi connectivity index (χ3v) is 2.75. The first-order chi connectivity index (χ1) is 9.15. The van der Waals surface area contributed by atoms with E-state index in [0.717, 1.165) is 5.56 Å². The highest BCUT2D eigenvalue weighted by Gasteiger charge is 2.27. The van der Waals surface area contributed by atoms with Gasteiger partial charge in [-0.25, -0.2) is 0 Å². The first-order valence-corrected chi connectivity index (χ1v) is 6.28. The number of aliphatic carboxylic acids is 1. The van der Waals surface area contributed by atoms with E-state index in [9.17, 15) is 9.59 Å². The molecular formula is C14H19NO4. The molecule has 0 heterocycles. The second-order valence-electron chi connectivity index (χ2n) is 4.27. The zero-order valence-corrected chi connectivity index (χ0v) is 10.7. The van der Waals surface area contributed by atoms with Gasteiger partial charge in [-0.3, -0.25) is 9.59 Å². The quantitative estimate of drug-likeness (QED) is 0.423. The highest BCUT2D eigenvalue weighted by atomic mass is 16.5. The molecule has 1 aromatic rings. The van der Waals surface area contributed by atoms with E-state index < -0.39 is 17.9 Å². The summed E-state index contributed by atoms with van der Waals surface area (Å²) in [5.41, 5.74) is 6.17. The monoisotopic (exact) mass is 265 g/mol. The van der Waals surface area contributed by atoms with Gasteiger partial charge >= 0.3 is 11.9 Å². The Kier molecular flexibility index (Phi) is 6.60. The standard InChI is InChI=1S/C14H19NO4/c15-9-5-4-8-12(13(16)17)14(18)19-10-11-6-2-1-3-7-11/h1-3,6-7,12H,4-5,8-10,15H2,(H,16,17)/t12-/m1/s1. The van der Waals surface area contributed by atoms with Gasteiger partial charge in [0.15, 0.2) is 5.92 Å². The normalized spacial score (nSPS) is 11.8. The maximum Gasteiger partial charge on any atom is 0.320 e. The molecule has 0 saturated carbocycles. The molecule has 0 fully saturated rings. The van der Waals surface area contributed by atoms with Crippen LogP contribution in [0.2, 0.25) is 0 Å². The molecule has 1 aromatic carbocycles. The summed E-state index contributed by atoms with van der Waals surface area (Å²) >= 11 is 0. The molecule has 5 heteroatoms. The van der Waals surface area contributed by atoms with E-state index in [-0.39, 0.29) is 13.0 Å². The summed E-state index contributed by atoms with van der Waals surface area (Å²) < 4.78 is 5.03. The zero-order valence-electron chi connectivity index (χ0n) is 10.7. The van der Waals surface area contributed by atoms with Gasteiger partial charge in [-0.1, -0.05) is 36.8 Å². The molecule has 3 N–H and O–H groups in total. The molecule has 1 rings (SSSR count).